The highest BCUT2D eigenvalue weighted by Gasteiger charge is 2.49. The van der Waals surface area contributed by atoms with Gasteiger partial charge in [-0.1, -0.05) is 38.5 Å². The molecule has 0 radical (unpaired) electrons. The molecule has 1 aromatic heterocycles. The molecule has 1 fully saturated rings. The fourth-order valence-electron chi connectivity index (χ4n) is 5.09. The Hall–Kier alpha value is -2.23. The van der Waals surface area contributed by atoms with E-state index in [1.165, 1.54) is 18.1 Å². The highest BCUT2D eigenvalue weighted by atomic mass is 19.1. The van der Waals surface area contributed by atoms with Gasteiger partial charge in [0.05, 0.1) is 0 Å². The molecule has 1 heterocycles. The number of aromatic nitrogens is 1. The molecule has 1 N–H and O–H groups in total. The molecule has 2 aromatic rings. The lowest BCUT2D eigenvalue weighted by Crippen LogP contribution is -2.26. The van der Waals surface area contributed by atoms with Gasteiger partial charge in [0.15, 0.2) is 0 Å². The standard InChI is InChI=1S/C27H37FN2O/c1-3-15-27(2,23-12-7-13-24(28)19-23)25-18-22(25)11-6-14-26(31)30-17-5-4-9-21-10-8-16-29-20-21/h7-8,10,12-13,16,19-20,22,25H,3-6,9,11,14-15,17-18H2,1-2H3,(H,30,31)/t22-,25?,27+/m0/s1. The first-order valence-corrected chi connectivity index (χ1v) is 11.9. The number of amides is 1. The maximum absolute atomic E-state index is 13.8. The highest BCUT2D eigenvalue weighted by molar-refractivity contribution is 5.75. The van der Waals surface area contributed by atoms with Crippen LogP contribution in [0.15, 0.2) is 48.8 Å². The molecule has 1 amide bonds. The van der Waals surface area contributed by atoms with Gasteiger partial charge in [-0.15, -0.1) is 0 Å². The zero-order valence-corrected chi connectivity index (χ0v) is 19.1. The molecule has 168 valence electrons. The fourth-order valence-corrected chi connectivity index (χ4v) is 5.09. The molecular weight excluding hydrogens is 387 g/mol. The van der Waals surface area contributed by atoms with E-state index in [1.807, 2.05) is 18.3 Å². The Morgan fingerprint density at radius 3 is 2.84 bits per heavy atom. The Labute approximate surface area is 186 Å². The Balaban J connectivity index is 1.33. The van der Waals surface area contributed by atoms with E-state index in [2.05, 4.69) is 36.3 Å². The predicted octanol–water partition coefficient (Wildman–Crippen LogP) is 6.22. The maximum atomic E-state index is 13.8. The minimum Gasteiger partial charge on any atom is -0.356 e. The Bertz CT molecular complexity index is 825. The summed E-state index contributed by atoms with van der Waals surface area (Å²) in [6.45, 7) is 5.25. The van der Waals surface area contributed by atoms with Crippen molar-refractivity contribution in [3.05, 3.63) is 65.7 Å². The normalized spacial score (nSPS) is 19.6. The summed E-state index contributed by atoms with van der Waals surface area (Å²) >= 11 is 0. The van der Waals surface area contributed by atoms with Crippen LogP contribution in [0.1, 0.15) is 76.3 Å². The molecule has 1 saturated carbocycles. The number of halogens is 1. The Morgan fingerprint density at radius 1 is 1.23 bits per heavy atom. The van der Waals surface area contributed by atoms with Crippen LogP contribution in [0.25, 0.3) is 0 Å². The van der Waals surface area contributed by atoms with E-state index in [9.17, 15) is 9.18 Å². The number of hydrogen-bond donors (Lipinski definition) is 1. The summed E-state index contributed by atoms with van der Waals surface area (Å²) < 4.78 is 13.8. The second-order valence-electron chi connectivity index (χ2n) is 9.34. The van der Waals surface area contributed by atoms with E-state index in [4.69, 9.17) is 0 Å². The van der Waals surface area contributed by atoms with Crippen molar-refractivity contribution in [3.8, 4) is 0 Å². The van der Waals surface area contributed by atoms with Gasteiger partial charge in [-0.2, -0.15) is 0 Å². The lowest BCUT2D eigenvalue weighted by atomic mass is 9.73. The largest absolute Gasteiger partial charge is 0.356 e. The van der Waals surface area contributed by atoms with Crippen LogP contribution in [0, 0.1) is 17.7 Å². The average Bonchev–Trinajstić information content (AvgIpc) is 3.55. The molecule has 0 spiro atoms. The zero-order chi connectivity index (χ0) is 22.1. The lowest BCUT2D eigenvalue weighted by Gasteiger charge is -2.31. The summed E-state index contributed by atoms with van der Waals surface area (Å²) in [5.41, 5.74) is 2.42. The summed E-state index contributed by atoms with van der Waals surface area (Å²) in [7, 11) is 0. The van der Waals surface area contributed by atoms with E-state index >= 15 is 0 Å². The minimum absolute atomic E-state index is 0.0397. The SMILES string of the molecule is CCC[C@](C)(c1cccc(F)c1)C1C[C@@H]1CCCC(=O)NCCCCc1cccnc1. The van der Waals surface area contributed by atoms with Crippen molar-refractivity contribution >= 4 is 5.91 Å². The van der Waals surface area contributed by atoms with Gasteiger partial charge in [0.1, 0.15) is 5.82 Å². The monoisotopic (exact) mass is 424 g/mol. The number of rotatable bonds is 13. The van der Waals surface area contributed by atoms with Gasteiger partial charge >= 0.3 is 0 Å². The number of nitrogens with zero attached hydrogens (tertiary/aromatic N) is 1. The van der Waals surface area contributed by atoms with Crippen LogP contribution < -0.4 is 5.32 Å². The molecule has 1 aromatic carbocycles. The number of pyridine rings is 1. The molecule has 3 rings (SSSR count). The molecule has 0 bridgehead atoms. The van der Waals surface area contributed by atoms with Gasteiger partial charge in [-0.05, 0) is 91.5 Å². The summed E-state index contributed by atoms with van der Waals surface area (Å²) in [6.07, 6.45) is 12.8. The minimum atomic E-state index is -0.144. The topological polar surface area (TPSA) is 42.0 Å². The van der Waals surface area contributed by atoms with Crippen LogP contribution in [-0.4, -0.2) is 17.4 Å². The molecule has 0 aliphatic heterocycles. The average molecular weight is 425 g/mol. The van der Waals surface area contributed by atoms with E-state index < -0.39 is 0 Å². The van der Waals surface area contributed by atoms with Crippen LogP contribution in [0.2, 0.25) is 0 Å². The number of nitrogens with one attached hydrogen (secondary N) is 1. The molecule has 1 unspecified atom stereocenters. The van der Waals surface area contributed by atoms with Crippen molar-refractivity contribution in [1.82, 2.24) is 10.3 Å². The van der Waals surface area contributed by atoms with E-state index in [-0.39, 0.29) is 17.1 Å². The third-order valence-corrected chi connectivity index (χ3v) is 6.91. The highest BCUT2D eigenvalue weighted by Crippen LogP contribution is 2.56. The molecule has 31 heavy (non-hydrogen) atoms. The van der Waals surface area contributed by atoms with Crippen LogP contribution in [0.4, 0.5) is 4.39 Å². The summed E-state index contributed by atoms with van der Waals surface area (Å²) in [4.78, 5) is 16.3. The first-order valence-electron chi connectivity index (χ1n) is 11.9. The number of carbonyl (C=O) groups is 1. The molecule has 4 heteroatoms. The number of benzene rings is 1. The van der Waals surface area contributed by atoms with Crippen molar-refractivity contribution < 1.29 is 9.18 Å². The van der Waals surface area contributed by atoms with Crippen molar-refractivity contribution in [2.45, 2.75) is 77.0 Å². The van der Waals surface area contributed by atoms with Gasteiger partial charge in [0, 0.05) is 25.4 Å². The summed E-state index contributed by atoms with van der Waals surface area (Å²) in [5, 5.41) is 3.06. The van der Waals surface area contributed by atoms with Crippen LogP contribution in [-0.2, 0) is 16.6 Å². The number of carbonyl (C=O) groups excluding carboxylic acids is 1. The predicted molar refractivity (Wildman–Crippen MR) is 124 cm³/mol. The van der Waals surface area contributed by atoms with E-state index in [0.717, 1.165) is 57.1 Å². The molecule has 0 saturated heterocycles. The van der Waals surface area contributed by atoms with Crippen molar-refractivity contribution in [3.63, 3.8) is 0 Å². The van der Waals surface area contributed by atoms with Gasteiger partial charge in [-0.3, -0.25) is 9.78 Å². The second-order valence-corrected chi connectivity index (χ2v) is 9.34. The van der Waals surface area contributed by atoms with Gasteiger partial charge in [-0.25, -0.2) is 4.39 Å². The molecule has 1 aliphatic carbocycles. The summed E-state index contributed by atoms with van der Waals surface area (Å²) in [6, 6.07) is 11.2. The third-order valence-electron chi connectivity index (χ3n) is 6.91. The van der Waals surface area contributed by atoms with Crippen molar-refractivity contribution in [2.24, 2.45) is 11.8 Å². The lowest BCUT2D eigenvalue weighted by molar-refractivity contribution is -0.121. The van der Waals surface area contributed by atoms with Crippen molar-refractivity contribution in [1.29, 1.82) is 0 Å². The van der Waals surface area contributed by atoms with E-state index in [0.29, 0.717) is 18.3 Å². The number of aryl methyl sites for hydroxylation is 1. The maximum Gasteiger partial charge on any atom is 0.219 e. The van der Waals surface area contributed by atoms with Gasteiger partial charge in [0.25, 0.3) is 0 Å². The fraction of sp³-hybridized carbons (Fsp3) is 0.556. The Morgan fingerprint density at radius 2 is 2.10 bits per heavy atom. The van der Waals surface area contributed by atoms with Crippen LogP contribution in [0.5, 0.6) is 0 Å². The quantitative estimate of drug-likeness (QED) is 0.388. The number of unbranched alkanes of at least 4 members (excludes halogenated alkanes) is 1. The van der Waals surface area contributed by atoms with Gasteiger partial charge in [0.2, 0.25) is 5.91 Å². The van der Waals surface area contributed by atoms with Gasteiger partial charge < -0.3 is 5.32 Å². The smallest absolute Gasteiger partial charge is 0.219 e. The zero-order valence-electron chi connectivity index (χ0n) is 19.1. The molecule has 3 atom stereocenters. The first-order chi connectivity index (χ1) is 15.0. The molecule has 1 aliphatic rings. The number of hydrogen-bond acceptors (Lipinski definition) is 2. The van der Waals surface area contributed by atoms with E-state index in [1.54, 1.807) is 12.3 Å². The summed E-state index contributed by atoms with van der Waals surface area (Å²) in [5.74, 6) is 1.28. The van der Waals surface area contributed by atoms with Crippen molar-refractivity contribution in [2.75, 3.05) is 6.54 Å². The molecular formula is C27H37FN2O. The second kappa shape index (κ2) is 11.4. The third kappa shape index (κ3) is 6.88. The first kappa shape index (κ1) is 23.4. The Kier molecular flexibility index (Phi) is 8.62. The molecule has 3 nitrogen and oxygen atoms in total. The van der Waals surface area contributed by atoms with Crippen LogP contribution >= 0.6 is 0 Å². The van der Waals surface area contributed by atoms with Crippen LogP contribution in [0.3, 0.4) is 0 Å².